The van der Waals surface area contributed by atoms with Crippen molar-refractivity contribution in [1.29, 1.82) is 0 Å². The van der Waals surface area contributed by atoms with Crippen LogP contribution in [0.15, 0.2) is 12.7 Å². The summed E-state index contributed by atoms with van der Waals surface area (Å²) in [6.07, 6.45) is 4.84. The normalized spacial score (nSPS) is 18.7. The van der Waals surface area contributed by atoms with Gasteiger partial charge in [0.05, 0.1) is 6.04 Å². The Morgan fingerprint density at radius 2 is 2.00 bits per heavy atom. The molecule has 0 saturated carbocycles. The highest BCUT2D eigenvalue weighted by Crippen LogP contribution is 2.18. The van der Waals surface area contributed by atoms with Crippen molar-refractivity contribution in [3.05, 3.63) is 12.7 Å². The van der Waals surface area contributed by atoms with Gasteiger partial charge in [-0.05, 0) is 31.1 Å². The lowest BCUT2D eigenvalue weighted by Gasteiger charge is -2.32. The van der Waals surface area contributed by atoms with Crippen LogP contribution in [0.1, 0.15) is 33.1 Å². The summed E-state index contributed by atoms with van der Waals surface area (Å²) in [5.74, 6) is 1.17. The molecule has 1 aliphatic heterocycles. The van der Waals surface area contributed by atoms with Gasteiger partial charge in [-0.2, -0.15) is 0 Å². The monoisotopic (exact) mass is 260 g/mol. The van der Waals surface area contributed by atoms with Crippen LogP contribution in [0.25, 0.3) is 0 Å². The zero-order chi connectivity index (χ0) is 12.1. The summed E-state index contributed by atoms with van der Waals surface area (Å²) in [6, 6.07) is -0.319. The van der Waals surface area contributed by atoms with Crippen LogP contribution in [0.2, 0.25) is 0 Å². The SMILES string of the molecule is C=CC1CCN(C(=O)[C@@H](N)CC(C)C)CC1.Cl. The van der Waals surface area contributed by atoms with E-state index in [0.717, 1.165) is 32.4 Å². The molecule has 0 aliphatic carbocycles. The van der Waals surface area contributed by atoms with Crippen molar-refractivity contribution >= 4 is 18.3 Å². The molecule has 1 amide bonds. The number of amides is 1. The average molecular weight is 261 g/mol. The summed E-state index contributed by atoms with van der Waals surface area (Å²) in [7, 11) is 0. The summed E-state index contributed by atoms with van der Waals surface area (Å²) in [5, 5.41) is 0. The van der Waals surface area contributed by atoms with Gasteiger partial charge < -0.3 is 10.6 Å². The Morgan fingerprint density at radius 3 is 2.41 bits per heavy atom. The molecule has 2 N–H and O–H groups in total. The number of hydrogen-bond acceptors (Lipinski definition) is 2. The topological polar surface area (TPSA) is 46.3 Å². The van der Waals surface area contributed by atoms with Crippen molar-refractivity contribution in [2.24, 2.45) is 17.6 Å². The van der Waals surface area contributed by atoms with Gasteiger partial charge in [0, 0.05) is 13.1 Å². The van der Waals surface area contributed by atoms with Gasteiger partial charge in [-0.25, -0.2) is 0 Å². The predicted molar refractivity (Wildman–Crippen MR) is 74.2 cm³/mol. The molecule has 1 rings (SSSR count). The van der Waals surface area contributed by atoms with Crippen LogP contribution in [0.4, 0.5) is 0 Å². The maximum Gasteiger partial charge on any atom is 0.239 e. The molecule has 1 atom stereocenters. The van der Waals surface area contributed by atoms with E-state index in [-0.39, 0.29) is 24.4 Å². The summed E-state index contributed by atoms with van der Waals surface area (Å²) >= 11 is 0. The van der Waals surface area contributed by atoms with Gasteiger partial charge in [-0.15, -0.1) is 19.0 Å². The van der Waals surface area contributed by atoms with E-state index in [2.05, 4.69) is 20.4 Å². The van der Waals surface area contributed by atoms with Crippen LogP contribution in [0, 0.1) is 11.8 Å². The van der Waals surface area contributed by atoms with Crippen molar-refractivity contribution in [2.75, 3.05) is 13.1 Å². The average Bonchev–Trinajstić information content (AvgIpc) is 2.27. The van der Waals surface area contributed by atoms with Gasteiger partial charge in [-0.1, -0.05) is 19.9 Å². The molecule has 1 fully saturated rings. The maximum absolute atomic E-state index is 12.0. The predicted octanol–water partition coefficient (Wildman–Crippen LogP) is 2.21. The molecule has 0 aromatic heterocycles. The number of nitrogens with two attached hydrogens (primary N) is 1. The number of nitrogens with zero attached hydrogens (tertiary/aromatic N) is 1. The second kappa shape index (κ2) is 7.72. The molecular weight excluding hydrogens is 236 g/mol. The zero-order valence-electron chi connectivity index (χ0n) is 10.9. The van der Waals surface area contributed by atoms with E-state index < -0.39 is 0 Å². The molecule has 0 radical (unpaired) electrons. The van der Waals surface area contributed by atoms with E-state index in [9.17, 15) is 4.79 Å². The van der Waals surface area contributed by atoms with Crippen molar-refractivity contribution in [2.45, 2.75) is 39.2 Å². The maximum atomic E-state index is 12.0. The number of hydrogen-bond donors (Lipinski definition) is 1. The molecule has 0 unspecified atom stereocenters. The van der Waals surface area contributed by atoms with Crippen LogP contribution in [0.5, 0.6) is 0 Å². The highest BCUT2D eigenvalue weighted by molar-refractivity contribution is 5.85. The summed E-state index contributed by atoms with van der Waals surface area (Å²) in [4.78, 5) is 13.9. The fraction of sp³-hybridized carbons (Fsp3) is 0.769. The Labute approximate surface area is 111 Å². The van der Waals surface area contributed by atoms with Crippen molar-refractivity contribution < 1.29 is 4.79 Å². The lowest BCUT2D eigenvalue weighted by molar-refractivity contribution is -0.134. The lowest BCUT2D eigenvalue weighted by Crippen LogP contribution is -2.47. The van der Waals surface area contributed by atoms with Gasteiger partial charge in [0.15, 0.2) is 0 Å². The Balaban J connectivity index is 0.00000256. The number of rotatable bonds is 4. The first kappa shape index (κ1) is 16.5. The third kappa shape index (κ3) is 5.09. The van der Waals surface area contributed by atoms with E-state index in [1.165, 1.54) is 0 Å². The number of allylic oxidation sites excluding steroid dienone is 1. The summed E-state index contributed by atoms with van der Waals surface area (Å²) in [5.41, 5.74) is 5.90. The summed E-state index contributed by atoms with van der Waals surface area (Å²) in [6.45, 7) is 9.66. The molecule has 0 bridgehead atoms. The Bertz CT molecular complexity index is 248. The van der Waals surface area contributed by atoms with Crippen molar-refractivity contribution in [3.8, 4) is 0 Å². The third-order valence-corrected chi connectivity index (χ3v) is 3.23. The van der Waals surface area contributed by atoms with Crippen LogP contribution in [0.3, 0.4) is 0 Å². The minimum atomic E-state index is -0.319. The molecule has 0 aromatic carbocycles. The fourth-order valence-electron chi connectivity index (χ4n) is 2.20. The minimum absolute atomic E-state index is 0. The van der Waals surface area contributed by atoms with Crippen molar-refractivity contribution in [3.63, 3.8) is 0 Å². The third-order valence-electron chi connectivity index (χ3n) is 3.23. The molecule has 100 valence electrons. The number of carbonyl (C=O) groups is 1. The van der Waals surface area contributed by atoms with Crippen LogP contribution >= 0.6 is 12.4 Å². The van der Waals surface area contributed by atoms with E-state index in [1.54, 1.807) is 0 Å². The number of carbonyl (C=O) groups excluding carboxylic acids is 1. The Morgan fingerprint density at radius 1 is 1.47 bits per heavy atom. The second-order valence-corrected chi connectivity index (χ2v) is 5.13. The van der Waals surface area contributed by atoms with Gasteiger partial charge in [0.25, 0.3) is 0 Å². The van der Waals surface area contributed by atoms with Gasteiger partial charge in [-0.3, -0.25) is 4.79 Å². The summed E-state index contributed by atoms with van der Waals surface area (Å²) < 4.78 is 0. The molecule has 0 spiro atoms. The first-order chi connectivity index (χ1) is 7.54. The van der Waals surface area contributed by atoms with Crippen molar-refractivity contribution in [1.82, 2.24) is 4.90 Å². The van der Waals surface area contributed by atoms with E-state index in [1.807, 2.05) is 11.0 Å². The smallest absolute Gasteiger partial charge is 0.239 e. The lowest BCUT2D eigenvalue weighted by atomic mass is 9.96. The molecule has 1 aliphatic rings. The van der Waals surface area contributed by atoms with Crippen LogP contribution in [-0.4, -0.2) is 29.9 Å². The van der Waals surface area contributed by atoms with E-state index >= 15 is 0 Å². The Kier molecular flexibility index (Phi) is 7.48. The second-order valence-electron chi connectivity index (χ2n) is 5.13. The Hall–Kier alpha value is -0.540. The fourth-order valence-corrected chi connectivity index (χ4v) is 2.20. The first-order valence-electron chi connectivity index (χ1n) is 6.21. The molecule has 1 saturated heterocycles. The molecule has 17 heavy (non-hydrogen) atoms. The highest BCUT2D eigenvalue weighted by atomic mass is 35.5. The number of piperidine rings is 1. The molecule has 0 aromatic rings. The van der Waals surface area contributed by atoms with Crippen LogP contribution < -0.4 is 5.73 Å². The quantitative estimate of drug-likeness (QED) is 0.788. The van der Waals surface area contributed by atoms with Gasteiger partial charge in [0.1, 0.15) is 0 Å². The van der Waals surface area contributed by atoms with E-state index in [4.69, 9.17) is 5.73 Å². The molecular formula is C13H25ClN2O. The largest absolute Gasteiger partial charge is 0.341 e. The number of likely N-dealkylation sites (tertiary alicyclic amines) is 1. The molecule has 3 nitrogen and oxygen atoms in total. The highest BCUT2D eigenvalue weighted by Gasteiger charge is 2.25. The number of halogens is 1. The standard InChI is InChI=1S/C13H24N2O.ClH/c1-4-11-5-7-15(8-6-11)13(16)12(14)9-10(2)3;/h4,10-12H,1,5-9,14H2,2-3H3;1H/t12-;/m0./s1. The van der Waals surface area contributed by atoms with Gasteiger partial charge >= 0.3 is 0 Å². The van der Waals surface area contributed by atoms with Gasteiger partial charge in [0.2, 0.25) is 5.91 Å². The van der Waals surface area contributed by atoms with E-state index in [0.29, 0.717) is 11.8 Å². The first-order valence-corrected chi connectivity index (χ1v) is 6.21. The molecule has 4 heteroatoms. The van der Waals surface area contributed by atoms with Crippen LogP contribution in [-0.2, 0) is 4.79 Å². The zero-order valence-corrected chi connectivity index (χ0v) is 11.7. The molecule has 1 heterocycles. The minimum Gasteiger partial charge on any atom is -0.341 e.